The van der Waals surface area contributed by atoms with Gasteiger partial charge in [-0.3, -0.25) is 9.59 Å². The molecular weight excluding hydrogens is 484 g/mol. The zero-order chi connectivity index (χ0) is 25.1. The summed E-state index contributed by atoms with van der Waals surface area (Å²) in [6.07, 6.45) is 0. The van der Waals surface area contributed by atoms with Crippen molar-refractivity contribution in [1.29, 1.82) is 0 Å². The standard InChI is InChI=1S/C25H20F4N2O3S/c1-2-34-22-5-3-4-18(27)17(22)12-31-21-7-6-14(8-23(21)35-13-24(31)32)25(33)30-11-16-19(28)9-15(26)10-20(16)29/h3-10H,2,11-13H2,1H3,(H,30,33). The van der Waals surface area contributed by atoms with E-state index in [9.17, 15) is 27.2 Å². The first-order valence-electron chi connectivity index (χ1n) is 10.7. The van der Waals surface area contributed by atoms with Crippen molar-refractivity contribution in [1.82, 2.24) is 5.32 Å². The van der Waals surface area contributed by atoms with Gasteiger partial charge >= 0.3 is 0 Å². The molecule has 3 aromatic rings. The van der Waals surface area contributed by atoms with Gasteiger partial charge in [0.1, 0.15) is 29.0 Å². The minimum atomic E-state index is -1.10. The van der Waals surface area contributed by atoms with E-state index >= 15 is 0 Å². The zero-order valence-corrected chi connectivity index (χ0v) is 19.4. The highest BCUT2D eigenvalue weighted by Crippen LogP contribution is 2.38. The largest absolute Gasteiger partial charge is 0.493 e. The van der Waals surface area contributed by atoms with Crippen LogP contribution in [-0.4, -0.2) is 24.2 Å². The quantitative estimate of drug-likeness (QED) is 0.449. The van der Waals surface area contributed by atoms with Gasteiger partial charge in [0.15, 0.2) is 0 Å². The monoisotopic (exact) mass is 504 g/mol. The molecule has 0 aromatic heterocycles. The maximum absolute atomic E-state index is 14.6. The number of carbonyl (C=O) groups excluding carboxylic acids is 2. The fourth-order valence-corrected chi connectivity index (χ4v) is 4.64. The van der Waals surface area contributed by atoms with Gasteiger partial charge in [-0.25, -0.2) is 17.6 Å². The first kappa shape index (κ1) is 24.6. The lowest BCUT2D eigenvalue weighted by Gasteiger charge is -2.30. The lowest BCUT2D eigenvalue weighted by Crippen LogP contribution is -2.35. The topological polar surface area (TPSA) is 58.6 Å². The molecule has 0 atom stereocenters. The van der Waals surface area contributed by atoms with Crippen LogP contribution in [0.25, 0.3) is 0 Å². The number of nitrogens with one attached hydrogen (secondary N) is 1. The first-order chi connectivity index (χ1) is 16.8. The number of amides is 2. The van der Waals surface area contributed by atoms with Gasteiger partial charge in [-0.2, -0.15) is 0 Å². The van der Waals surface area contributed by atoms with Gasteiger partial charge in [-0.05, 0) is 37.3 Å². The number of nitrogens with zero attached hydrogens (tertiary/aromatic N) is 1. The van der Waals surface area contributed by atoms with Crippen molar-refractivity contribution in [2.75, 3.05) is 17.3 Å². The number of carbonyl (C=O) groups is 2. The SMILES string of the molecule is CCOc1cccc(F)c1CN1C(=O)CSc2cc(C(=O)NCc3c(F)cc(F)cc3F)ccc21. The molecule has 0 radical (unpaired) electrons. The highest BCUT2D eigenvalue weighted by Gasteiger charge is 2.28. The molecule has 0 fully saturated rings. The Morgan fingerprint density at radius 2 is 1.77 bits per heavy atom. The zero-order valence-electron chi connectivity index (χ0n) is 18.5. The second-order valence-electron chi connectivity index (χ2n) is 7.63. The summed E-state index contributed by atoms with van der Waals surface area (Å²) in [6.45, 7) is 1.58. The molecule has 182 valence electrons. The first-order valence-corrected chi connectivity index (χ1v) is 11.7. The van der Waals surface area contributed by atoms with Crippen molar-refractivity contribution < 1.29 is 31.9 Å². The van der Waals surface area contributed by atoms with Crippen LogP contribution >= 0.6 is 11.8 Å². The van der Waals surface area contributed by atoms with Crippen LogP contribution in [0.15, 0.2) is 53.4 Å². The summed E-state index contributed by atoms with van der Waals surface area (Å²) in [5, 5.41) is 2.41. The predicted octanol–water partition coefficient (Wildman–Crippen LogP) is 5.21. The summed E-state index contributed by atoms with van der Waals surface area (Å²) in [4.78, 5) is 27.3. The number of halogens is 4. The van der Waals surface area contributed by atoms with Crippen LogP contribution < -0.4 is 15.0 Å². The fraction of sp³-hybridized carbons (Fsp3) is 0.200. The molecule has 10 heteroatoms. The number of hydrogen-bond acceptors (Lipinski definition) is 4. The van der Waals surface area contributed by atoms with Gasteiger partial charge in [-0.15, -0.1) is 11.8 Å². The molecule has 3 aromatic carbocycles. The Hall–Kier alpha value is -3.53. The van der Waals surface area contributed by atoms with Gasteiger partial charge < -0.3 is 15.0 Å². The number of rotatable bonds is 7. The molecule has 0 aliphatic carbocycles. The molecule has 1 aliphatic rings. The molecule has 0 saturated carbocycles. The van der Waals surface area contributed by atoms with Crippen molar-refractivity contribution in [2.24, 2.45) is 0 Å². The van der Waals surface area contributed by atoms with E-state index < -0.39 is 41.3 Å². The van der Waals surface area contributed by atoms with Crippen LogP contribution in [0.4, 0.5) is 23.2 Å². The Labute approximate surface area is 203 Å². The van der Waals surface area contributed by atoms with Crippen LogP contribution in [0.5, 0.6) is 5.75 Å². The van der Waals surface area contributed by atoms with E-state index in [2.05, 4.69) is 5.32 Å². The number of ether oxygens (including phenoxy) is 1. The summed E-state index contributed by atoms with van der Waals surface area (Å²) in [7, 11) is 0. The Balaban J connectivity index is 1.55. The number of fused-ring (bicyclic) bond motifs is 1. The van der Waals surface area contributed by atoms with E-state index in [4.69, 9.17) is 4.74 Å². The molecular formula is C25H20F4N2O3S. The second kappa shape index (κ2) is 10.4. The van der Waals surface area contributed by atoms with Gasteiger partial charge in [0.05, 0.1) is 24.6 Å². The van der Waals surface area contributed by atoms with Crippen LogP contribution in [0.2, 0.25) is 0 Å². The van der Waals surface area contributed by atoms with E-state index in [1.54, 1.807) is 25.1 Å². The predicted molar refractivity (Wildman–Crippen MR) is 123 cm³/mol. The normalized spacial score (nSPS) is 12.9. The maximum atomic E-state index is 14.6. The molecule has 0 spiro atoms. The lowest BCUT2D eigenvalue weighted by atomic mass is 10.1. The summed E-state index contributed by atoms with van der Waals surface area (Å²) in [5.74, 6) is -4.15. The highest BCUT2D eigenvalue weighted by atomic mass is 32.2. The summed E-state index contributed by atoms with van der Waals surface area (Å²) in [6, 6.07) is 10.1. The van der Waals surface area contributed by atoms with Crippen molar-refractivity contribution in [3.8, 4) is 5.75 Å². The average molecular weight is 505 g/mol. The third kappa shape index (κ3) is 5.27. The summed E-state index contributed by atoms with van der Waals surface area (Å²) in [5.41, 5.74) is 0.489. The molecule has 35 heavy (non-hydrogen) atoms. The number of hydrogen-bond donors (Lipinski definition) is 1. The molecule has 0 unspecified atom stereocenters. The van der Waals surface area contributed by atoms with Gasteiger partial charge in [0.2, 0.25) is 5.91 Å². The second-order valence-corrected chi connectivity index (χ2v) is 8.65. The van der Waals surface area contributed by atoms with E-state index in [1.165, 1.54) is 34.9 Å². The number of thioether (sulfide) groups is 1. The average Bonchev–Trinajstić information content (AvgIpc) is 2.81. The Bertz CT molecular complexity index is 1280. The van der Waals surface area contributed by atoms with Gasteiger partial charge in [0, 0.05) is 40.3 Å². The van der Waals surface area contributed by atoms with Crippen molar-refractivity contribution >= 4 is 29.3 Å². The van der Waals surface area contributed by atoms with Crippen molar-refractivity contribution in [3.63, 3.8) is 0 Å². The number of benzene rings is 3. The Morgan fingerprint density at radius 1 is 1.03 bits per heavy atom. The third-order valence-electron chi connectivity index (χ3n) is 5.39. The van der Waals surface area contributed by atoms with Crippen molar-refractivity contribution in [3.05, 3.63) is 88.5 Å². The highest BCUT2D eigenvalue weighted by molar-refractivity contribution is 8.00. The van der Waals surface area contributed by atoms with Crippen LogP contribution in [0, 0.1) is 23.3 Å². The van der Waals surface area contributed by atoms with Crippen LogP contribution in [-0.2, 0) is 17.9 Å². The Morgan fingerprint density at radius 3 is 2.49 bits per heavy atom. The molecule has 2 amide bonds. The fourth-order valence-electron chi connectivity index (χ4n) is 3.67. The minimum Gasteiger partial charge on any atom is -0.493 e. The van der Waals surface area contributed by atoms with Crippen LogP contribution in [0.1, 0.15) is 28.4 Å². The Kier molecular flexibility index (Phi) is 7.30. The lowest BCUT2D eigenvalue weighted by molar-refractivity contribution is -0.116. The smallest absolute Gasteiger partial charge is 0.251 e. The van der Waals surface area contributed by atoms with E-state index in [0.29, 0.717) is 35.1 Å². The maximum Gasteiger partial charge on any atom is 0.251 e. The van der Waals surface area contributed by atoms with E-state index in [1.807, 2.05) is 0 Å². The minimum absolute atomic E-state index is 0.0525. The van der Waals surface area contributed by atoms with Gasteiger partial charge in [0.25, 0.3) is 5.91 Å². The van der Waals surface area contributed by atoms with Crippen LogP contribution in [0.3, 0.4) is 0 Å². The van der Waals surface area contributed by atoms with Gasteiger partial charge in [-0.1, -0.05) is 6.07 Å². The third-order valence-corrected chi connectivity index (χ3v) is 6.42. The molecule has 1 heterocycles. The number of anilines is 1. The summed E-state index contributed by atoms with van der Waals surface area (Å²) >= 11 is 1.22. The summed E-state index contributed by atoms with van der Waals surface area (Å²) < 4.78 is 60.8. The van der Waals surface area contributed by atoms with E-state index in [-0.39, 0.29) is 29.3 Å². The molecule has 1 N–H and O–H groups in total. The molecule has 4 rings (SSSR count). The molecule has 0 bridgehead atoms. The molecule has 1 aliphatic heterocycles. The molecule has 0 saturated heterocycles. The molecule has 5 nitrogen and oxygen atoms in total. The van der Waals surface area contributed by atoms with Crippen molar-refractivity contribution in [2.45, 2.75) is 24.9 Å². The van der Waals surface area contributed by atoms with E-state index in [0.717, 1.165) is 0 Å².